The van der Waals surface area contributed by atoms with Gasteiger partial charge in [-0.05, 0) is 51.9 Å². The van der Waals surface area contributed by atoms with Gasteiger partial charge in [-0.15, -0.1) is 24.0 Å². The van der Waals surface area contributed by atoms with E-state index < -0.39 is 0 Å². The van der Waals surface area contributed by atoms with Crippen molar-refractivity contribution in [1.82, 2.24) is 25.4 Å². The number of likely N-dealkylation sites (tertiary alicyclic amines) is 1. The minimum absolute atomic E-state index is 0. The van der Waals surface area contributed by atoms with Crippen LogP contribution >= 0.6 is 24.0 Å². The van der Waals surface area contributed by atoms with Gasteiger partial charge in [-0.2, -0.15) is 0 Å². The molecule has 29 heavy (non-hydrogen) atoms. The summed E-state index contributed by atoms with van der Waals surface area (Å²) in [4.78, 5) is 13.7. The zero-order chi connectivity index (χ0) is 19.8. The monoisotopic (exact) mass is 516 g/mol. The van der Waals surface area contributed by atoms with Crippen LogP contribution in [0.3, 0.4) is 0 Å². The van der Waals surface area contributed by atoms with Crippen molar-refractivity contribution in [3.63, 3.8) is 0 Å². The van der Waals surface area contributed by atoms with Crippen molar-refractivity contribution in [3.05, 3.63) is 30.1 Å². The molecule has 3 heterocycles. The normalized spacial score (nSPS) is 20.9. The highest BCUT2D eigenvalue weighted by Crippen LogP contribution is 2.25. The van der Waals surface area contributed by atoms with Crippen molar-refractivity contribution in [3.8, 4) is 0 Å². The average Bonchev–Trinajstić information content (AvgIpc) is 2.73. The van der Waals surface area contributed by atoms with E-state index in [0.29, 0.717) is 6.04 Å². The standard InChI is InChI=1S/C21H36N6O.HI/c1-22-20(24-17-21(26(2)3)9-14-28-15-10-21)25-18-7-12-27(13-8-18)16-19-6-4-5-11-23-19;/h4-6,11,18H,7-10,12-17H2,1-3H3,(H2,22,24,25);1H. The molecule has 0 radical (unpaired) electrons. The third-order valence-electron chi connectivity index (χ3n) is 6.22. The highest BCUT2D eigenvalue weighted by atomic mass is 127. The maximum Gasteiger partial charge on any atom is 0.191 e. The summed E-state index contributed by atoms with van der Waals surface area (Å²) in [7, 11) is 6.19. The third-order valence-corrected chi connectivity index (χ3v) is 6.22. The second kappa shape index (κ2) is 12.0. The first-order valence-electron chi connectivity index (χ1n) is 10.5. The lowest BCUT2D eigenvalue weighted by Gasteiger charge is -2.43. The number of pyridine rings is 1. The lowest BCUT2D eigenvalue weighted by molar-refractivity contribution is -0.00504. The number of aromatic nitrogens is 1. The Kier molecular flexibility index (Phi) is 10.1. The molecule has 1 aromatic rings. The maximum atomic E-state index is 5.57. The van der Waals surface area contributed by atoms with Crippen molar-refractivity contribution in [1.29, 1.82) is 0 Å². The van der Waals surface area contributed by atoms with E-state index in [4.69, 9.17) is 4.74 Å². The molecule has 2 aliphatic rings. The summed E-state index contributed by atoms with van der Waals surface area (Å²) in [5, 5.41) is 7.21. The summed E-state index contributed by atoms with van der Waals surface area (Å²) < 4.78 is 5.57. The molecule has 0 amide bonds. The lowest BCUT2D eigenvalue weighted by atomic mass is 9.88. The van der Waals surface area contributed by atoms with Crippen molar-refractivity contribution >= 4 is 29.9 Å². The van der Waals surface area contributed by atoms with Crippen LogP contribution < -0.4 is 10.6 Å². The fourth-order valence-corrected chi connectivity index (χ4v) is 4.13. The molecular weight excluding hydrogens is 479 g/mol. The number of halogens is 1. The van der Waals surface area contributed by atoms with Crippen LogP contribution in [0, 0.1) is 0 Å². The summed E-state index contributed by atoms with van der Waals surface area (Å²) in [6.45, 7) is 5.67. The summed E-state index contributed by atoms with van der Waals surface area (Å²) in [5.41, 5.74) is 1.29. The predicted octanol–water partition coefficient (Wildman–Crippen LogP) is 1.94. The van der Waals surface area contributed by atoms with Gasteiger partial charge in [0.1, 0.15) is 0 Å². The fraction of sp³-hybridized carbons (Fsp3) is 0.714. The topological polar surface area (TPSA) is 65.0 Å². The zero-order valence-electron chi connectivity index (χ0n) is 18.1. The van der Waals surface area contributed by atoms with Crippen LogP contribution in [0.25, 0.3) is 0 Å². The van der Waals surface area contributed by atoms with E-state index in [-0.39, 0.29) is 29.5 Å². The van der Waals surface area contributed by atoms with E-state index in [0.717, 1.165) is 76.7 Å². The zero-order valence-corrected chi connectivity index (χ0v) is 20.4. The van der Waals surface area contributed by atoms with Crippen molar-refractivity contribution < 1.29 is 4.74 Å². The van der Waals surface area contributed by atoms with Gasteiger partial charge in [-0.25, -0.2) is 0 Å². The molecule has 2 aliphatic heterocycles. The van der Waals surface area contributed by atoms with E-state index in [1.165, 1.54) is 0 Å². The number of rotatable bonds is 6. The number of guanidine groups is 1. The number of piperidine rings is 1. The highest BCUT2D eigenvalue weighted by Gasteiger charge is 2.35. The Morgan fingerprint density at radius 1 is 1.28 bits per heavy atom. The van der Waals surface area contributed by atoms with Crippen LogP contribution in [0.2, 0.25) is 0 Å². The van der Waals surface area contributed by atoms with E-state index in [2.05, 4.69) is 56.6 Å². The summed E-state index contributed by atoms with van der Waals surface area (Å²) >= 11 is 0. The van der Waals surface area contributed by atoms with Crippen LogP contribution in [0.1, 0.15) is 31.4 Å². The number of aliphatic imine (C=N–C) groups is 1. The van der Waals surface area contributed by atoms with Crippen molar-refractivity contribution in [2.24, 2.45) is 4.99 Å². The van der Waals surface area contributed by atoms with Gasteiger partial charge < -0.3 is 20.3 Å². The minimum Gasteiger partial charge on any atom is -0.381 e. The highest BCUT2D eigenvalue weighted by molar-refractivity contribution is 14.0. The van der Waals surface area contributed by atoms with Gasteiger partial charge in [0.2, 0.25) is 0 Å². The maximum absolute atomic E-state index is 5.57. The van der Waals surface area contributed by atoms with E-state index in [9.17, 15) is 0 Å². The Bertz CT molecular complexity index is 613. The number of hydrogen-bond donors (Lipinski definition) is 2. The van der Waals surface area contributed by atoms with Crippen LogP contribution in [0.5, 0.6) is 0 Å². The largest absolute Gasteiger partial charge is 0.381 e. The van der Waals surface area contributed by atoms with Crippen molar-refractivity contribution in [2.75, 3.05) is 54.0 Å². The van der Waals surface area contributed by atoms with E-state index >= 15 is 0 Å². The summed E-state index contributed by atoms with van der Waals surface area (Å²) in [6, 6.07) is 6.60. The minimum atomic E-state index is 0. The molecule has 2 saturated heterocycles. The SMILES string of the molecule is CN=C(NCC1(N(C)C)CCOCC1)NC1CCN(Cc2ccccn2)CC1.I. The third kappa shape index (κ3) is 7.04. The molecule has 3 rings (SSSR count). The molecule has 7 nitrogen and oxygen atoms in total. The van der Waals surface area contributed by atoms with Crippen LogP contribution in [0.4, 0.5) is 0 Å². The molecule has 0 saturated carbocycles. The van der Waals surface area contributed by atoms with Crippen LogP contribution in [-0.2, 0) is 11.3 Å². The molecule has 1 aromatic heterocycles. The Morgan fingerprint density at radius 2 is 2.00 bits per heavy atom. The first-order chi connectivity index (χ1) is 13.6. The van der Waals surface area contributed by atoms with Gasteiger partial charge in [-0.3, -0.25) is 14.9 Å². The smallest absolute Gasteiger partial charge is 0.191 e. The molecular formula is C21H37IN6O. The van der Waals surface area contributed by atoms with E-state index in [1.54, 1.807) is 0 Å². The second-order valence-corrected chi connectivity index (χ2v) is 8.17. The van der Waals surface area contributed by atoms with Gasteiger partial charge in [0.15, 0.2) is 5.96 Å². The first-order valence-corrected chi connectivity index (χ1v) is 10.5. The molecule has 8 heteroatoms. The molecule has 164 valence electrons. The number of likely N-dealkylation sites (N-methyl/N-ethyl adjacent to an activating group) is 1. The Hall–Kier alpha value is -0.970. The number of hydrogen-bond acceptors (Lipinski definition) is 5. The summed E-state index contributed by atoms with van der Waals surface area (Å²) in [5.74, 6) is 0.913. The molecule has 0 aromatic carbocycles. The Morgan fingerprint density at radius 3 is 2.59 bits per heavy atom. The van der Waals surface area contributed by atoms with E-state index in [1.807, 2.05) is 19.3 Å². The molecule has 0 atom stereocenters. The van der Waals surface area contributed by atoms with Crippen LogP contribution in [0.15, 0.2) is 29.4 Å². The number of nitrogens with one attached hydrogen (secondary N) is 2. The molecule has 0 aliphatic carbocycles. The first kappa shape index (κ1) is 24.3. The quantitative estimate of drug-likeness (QED) is 0.343. The molecule has 0 bridgehead atoms. The van der Waals surface area contributed by atoms with Gasteiger partial charge in [-0.1, -0.05) is 6.07 Å². The summed E-state index contributed by atoms with van der Waals surface area (Å²) in [6.07, 6.45) is 6.23. The molecule has 2 N–H and O–H groups in total. The number of ether oxygens (including phenoxy) is 1. The molecule has 0 unspecified atom stereocenters. The van der Waals surface area contributed by atoms with Crippen LogP contribution in [-0.4, -0.2) is 86.3 Å². The average molecular weight is 516 g/mol. The van der Waals surface area contributed by atoms with Gasteiger partial charge >= 0.3 is 0 Å². The Labute approximate surface area is 192 Å². The second-order valence-electron chi connectivity index (χ2n) is 8.17. The fourth-order valence-electron chi connectivity index (χ4n) is 4.13. The van der Waals surface area contributed by atoms with Gasteiger partial charge in [0.25, 0.3) is 0 Å². The Balaban J connectivity index is 0.00000300. The number of nitrogens with zero attached hydrogens (tertiary/aromatic N) is 4. The lowest BCUT2D eigenvalue weighted by Crippen LogP contribution is -2.58. The predicted molar refractivity (Wildman–Crippen MR) is 129 cm³/mol. The molecule has 0 spiro atoms. The molecule has 2 fully saturated rings. The van der Waals surface area contributed by atoms with Gasteiger partial charge in [0.05, 0.1) is 5.69 Å². The van der Waals surface area contributed by atoms with Gasteiger partial charge in [0, 0.05) is 64.2 Å². The van der Waals surface area contributed by atoms with Crippen molar-refractivity contribution in [2.45, 2.75) is 43.8 Å².